The molecule has 0 atom stereocenters. The molecule has 1 aromatic rings. The number of pyridine rings is 1. The Bertz CT molecular complexity index is 385. The number of hydrogen-bond donors (Lipinski definition) is 1. The van der Waals surface area contributed by atoms with E-state index in [0.717, 1.165) is 24.1 Å². The molecule has 0 aromatic carbocycles. The molecule has 0 aliphatic carbocycles. The van der Waals surface area contributed by atoms with Gasteiger partial charge in [0.25, 0.3) is 0 Å². The summed E-state index contributed by atoms with van der Waals surface area (Å²) in [5.41, 5.74) is 1.22. The molecule has 0 aliphatic heterocycles. The molecule has 0 unspecified atom stereocenters. The minimum atomic E-state index is 0.524. The van der Waals surface area contributed by atoms with Crippen LogP contribution in [0.2, 0.25) is 5.02 Å². The SMILES string of the molecule is CCCCCN=c1cc(Cl)cc(C)n1O. The van der Waals surface area contributed by atoms with Gasteiger partial charge < -0.3 is 5.21 Å². The zero-order chi connectivity index (χ0) is 11.3. The van der Waals surface area contributed by atoms with E-state index in [1.54, 1.807) is 19.1 Å². The minimum absolute atomic E-state index is 0.524. The molecular formula is C11H17ClN2O. The quantitative estimate of drug-likeness (QED) is 0.625. The summed E-state index contributed by atoms with van der Waals surface area (Å²) < 4.78 is 1.07. The van der Waals surface area contributed by atoms with E-state index in [4.69, 9.17) is 11.6 Å². The Hall–Kier alpha value is -0.960. The largest absolute Gasteiger partial charge is 0.427 e. The van der Waals surface area contributed by atoms with E-state index >= 15 is 0 Å². The number of aromatic nitrogens is 1. The third kappa shape index (κ3) is 3.59. The molecule has 0 aliphatic rings. The van der Waals surface area contributed by atoms with E-state index in [-0.39, 0.29) is 0 Å². The first kappa shape index (κ1) is 12.1. The molecule has 1 rings (SSSR count). The molecule has 1 heterocycles. The fourth-order valence-electron chi connectivity index (χ4n) is 1.34. The highest BCUT2D eigenvalue weighted by Crippen LogP contribution is 2.05. The van der Waals surface area contributed by atoms with Gasteiger partial charge in [-0.2, -0.15) is 4.73 Å². The van der Waals surface area contributed by atoms with E-state index in [1.807, 2.05) is 0 Å². The number of hydrogen-bond acceptors (Lipinski definition) is 2. The molecule has 1 N–H and O–H groups in total. The minimum Gasteiger partial charge on any atom is -0.427 e. The lowest BCUT2D eigenvalue weighted by Crippen LogP contribution is -2.21. The first-order chi connectivity index (χ1) is 7.15. The number of rotatable bonds is 4. The number of halogens is 1. The van der Waals surface area contributed by atoms with Crippen molar-refractivity contribution in [1.29, 1.82) is 0 Å². The van der Waals surface area contributed by atoms with Crippen molar-refractivity contribution in [3.05, 3.63) is 28.3 Å². The van der Waals surface area contributed by atoms with Crippen LogP contribution in [-0.4, -0.2) is 16.5 Å². The van der Waals surface area contributed by atoms with Crippen molar-refractivity contribution in [3.8, 4) is 0 Å². The third-order valence-corrected chi connectivity index (χ3v) is 2.42. The van der Waals surface area contributed by atoms with Gasteiger partial charge in [0.05, 0.1) is 5.69 Å². The molecule has 0 saturated heterocycles. The standard InChI is InChI=1S/C11H17ClN2O/c1-3-4-5-6-13-11-8-10(12)7-9(2)14(11)15/h7-8,15H,3-6H2,1-2H3. The van der Waals surface area contributed by atoms with Gasteiger partial charge in [-0.1, -0.05) is 31.4 Å². The Balaban J connectivity index is 2.83. The van der Waals surface area contributed by atoms with Crippen LogP contribution in [0.15, 0.2) is 17.1 Å². The molecule has 84 valence electrons. The topological polar surface area (TPSA) is 37.5 Å². The van der Waals surface area contributed by atoms with Crippen LogP contribution >= 0.6 is 11.6 Å². The first-order valence-electron chi connectivity index (χ1n) is 5.24. The Labute approximate surface area is 95.0 Å². The van der Waals surface area contributed by atoms with E-state index in [1.165, 1.54) is 6.42 Å². The zero-order valence-electron chi connectivity index (χ0n) is 9.20. The molecule has 0 spiro atoms. The lowest BCUT2D eigenvalue weighted by molar-refractivity contribution is 0.165. The molecule has 0 fully saturated rings. The Morgan fingerprint density at radius 3 is 2.80 bits per heavy atom. The predicted molar refractivity (Wildman–Crippen MR) is 61.3 cm³/mol. The van der Waals surface area contributed by atoms with Gasteiger partial charge in [-0.15, -0.1) is 0 Å². The summed E-state index contributed by atoms with van der Waals surface area (Å²) in [5, 5.41) is 10.2. The van der Waals surface area contributed by atoms with Gasteiger partial charge in [0.15, 0.2) is 5.49 Å². The molecule has 0 amide bonds. The van der Waals surface area contributed by atoms with E-state index in [2.05, 4.69) is 11.9 Å². The Morgan fingerprint density at radius 1 is 1.40 bits per heavy atom. The highest BCUT2D eigenvalue weighted by molar-refractivity contribution is 6.30. The molecule has 4 heteroatoms. The van der Waals surface area contributed by atoms with Crippen molar-refractivity contribution < 1.29 is 5.21 Å². The van der Waals surface area contributed by atoms with Crippen molar-refractivity contribution in [3.63, 3.8) is 0 Å². The average Bonchev–Trinajstić information content (AvgIpc) is 2.19. The summed E-state index contributed by atoms with van der Waals surface area (Å²) in [5.74, 6) is 0. The maximum atomic E-state index is 9.64. The van der Waals surface area contributed by atoms with E-state index in [9.17, 15) is 5.21 Å². The van der Waals surface area contributed by atoms with Crippen LogP contribution in [0.3, 0.4) is 0 Å². The van der Waals surface area contributed by atoms with Crippen LogP contribution in [0.4, 0.5) is 0 Å². The Kier molecular flexibility index (Phi) is 4.69. The lowest BCUT2D eigenvalue weighted by Gasteiger charge is -2.03. The molecule has 1 aromatic heterocycles. The van der Waals surface area contributed by atoms with Crippen molar-refractivity contribution in [2.45, 2.75) is 33.1 Å². The maximum absolute atomic E-state index is 9.64. The summed E-state index contributed by atoms with van der Waals surface area (Å²) in [6.07, 6.45) is 3.37. The number of unbranched alkanes of at least 4 members (excludes halogenated alkanes) is 2. The summed E-state index contributed by atoms with van der Waals surface area (Å²) in [6.45, 7) is 4.67. The van der Waals surface area contributed by atoms with Gasteiger partial charge in [0.1, 0.15) is 0 Å². The van der Waals surface area contributed by atoms with Crippen LogP contribution in [0.5, 0.6) is 0 Å². The summed E-state index contributed by atoms with van der Waals surface area (Å²) in [4.78, 5) is 4.29. The van der Waals surface area contributed by atoms with Gasteiger partial charge in [0, 0.05) is 17.6 Å². The van der Waals surface area contributed by atoms with Crippen molar-refractivity contribution >= 4 is 11.6 Å². The summed E-state index contributed by atoms with van der Waals surface area (Å²) in [7, 11) is 0. The molecule has 15 heavy (non-hydrogen) atoms. The second-order valence-corrected chi connectivity index (χ2v) is 4.01. The van der Waals surface area contributed by atoms with E-state index in [0.29, 0.717) is 16.2 Å². The van der Waals surface area contributed by atoms with Crippen LogP contribution < -0.4 is 5.49 Å². The van der Waals surface area contributed by atoms with Gasteiger partial charge in [0.2, 0.25) is 0 Å². The normalized spacial score (nSPS) is 12.1. The summed E-state index contributed by atoms with van der Waals surface area (Å²) in [6, 6.07) is 3.37. The molecule has 0 bridgehead atoms. The second-order valence-electron chi connectivity index (χ2n) is 3.57. The predicted octanol–water partition coefficient (Wildman–Crippen LogP) is 2.78. The second kappa shape index (κ2) is 5.81. The third-order valence-electron chi connectivity index (χ3n) is 2.20. The van der Waals surface area contributed by atoms with Crippen LogP contribution in [0.25, 0.3) is 0 Å². The van der Waals surface area contributed by atoms with Crippen LogP contribution in [0, 0.1) is 6.92 Å². The van der Waals surface area contributed by atoms with Gasteiger partial charge in [-0.05, 0) is 19.4 Å². The smallest absolute Gasteiger partial charge is 0.165 e. The Morgan fingerprint density at radius 2 is 2.13 bits per heavy atom. The van der Waals surface area contributed by atoms with Crippen molar-refractivity contribution in [1.82, 2.24) is 4.73 Å². The molecule has 3 nitrogen and oxygen atoms in total. The fraction of sp³-hybridized carbons (Fsp3) is 0.545. The van der Waals surface area contributed by atoms with Crippen LogP contribution in [-0.2, 0) is 0 Å². The highest BCUT2D eigenvalue weighted by atomic mass is 35.5. The average molecular weight is 229 g/mol. The molecule has 0 radical (unpaired) electrons. The number of aryl methyl sites for hydroxylation is 1. The monoisotopic (exact) mass is 228 g/mol. The zero-order valence-corrected chi connectivity index (χ0v) is 9.96. The maximum Gasteiger partial charge on any atom is 0.165 e. The number of nitrogens with zero attached hydrogens (tertiary/aromatic N) is 2. The highest BCUT2D eigenvalue weighted by Gasteiger charge is 1.97. The van der Waals surface area contributed by atoms with Crippen molar-refractivity contribution in [2.24, 2.45) is 4.99 Å². The van der Waals surface area contributed by atoms with Gasteiger partial charge in [-0.25, -0.2) is 0 Å². The fourth-order valence-corrected chi connectivity index (χ4v) is 1.59. The van der Waals surface area contributed by atoms with E-state index < -0.39 is 0 Å². The lowest BCUT2D eigenvalue weighted by atomic mass is 10.2. The van der Waals surface area contributed by atoms with Crippen molar-refractivity contribution in [2.75, 3.05) is 6.54 Å². The summed E-state index contributed by atoms with van der Waals surface area (Å²) >= 11 is 5.88. The molecule has 0 saturated carbocycles. The van der Waals surface area contributed by atoms with Gasteiger partial charge in [-0.3, -0.25) is 4.99 Å². The first-order valence-corrected chi connectivity index (χ1v) is 5.62. The van der Waals surface area contributed by atoms with Crippen LogP contribution in [0.1, 0.15) is 31.9 Å². The van der Waals surface area contributed by atoms with Gasteiger partial charge >= 0.3 is 0 Å². The molecular weight excluding hydrogens is 212 g/mol.